The number of amides is 3. The summed E-state index contributed by atoms with van der Waals surface area (Å²) in [6, 6.07) is 11.8. The second-order valence-electron chi connectivity index (χ2n) is 6.68. The van der Waals surface area contributed by atoms with Crippen LogP contribution in [0, 0.1) is 0 Å². The van der Waals surface area contributed by atoms with Crippen LogP contribution in [0.3, 0.4) is 0 Å². The Morgan fingerprint density at radius 1 is 0.857 bits per heavy atom. The first kappa shape index (κ1) is 19.5. The number of hydrogen-bond donors (Lipinski definition) is 3. The van der Waals surface area contributed by atoms with Crippen LogP contribution in [0.5, 0.6) is 11.5 Å². The van der Waals surface area contributed by atoms with Gasteiger partial charge >= 0.3 is 6.03 Å². The van der Waals surface area contributed by atoms with E-state index in [2.05, 4.69) is 16.0 Å². The Bertz CT molecular complexity index is 830. The number of ether oxygens (including phenoxy) is 2. The first-order valence-corrected chi connectivity index (χ1v) is 9.30. The molecule has 0 bridgehead atoms. The molecule has 0 aliphatic heterocycles. The predicted octanol–water partition coefficient (Wildman–Crippen LogP) is 4.02. The van der Waals surface area contributed by atoms with E-state index in [4.69, 9.17) is 9.47 Å². The zero-order chi connectivity index (χ0) is 19.9. The summed E-state index contributed by atoms with van der Waals surface area (Å²) >= 11 is 0. The predicted molar refractivity (Wildman–Crippen MR) is 108 cm³/mol. The van der Waals surface area contributed by atoms with E-state index in [-0.39, 0.29) is 11.9 Å². The molecule has 3 amide bonds. The normalized spacial score (nSPS) is 13.6. The average molecular weight is 383 g/mol. The highest BCUT2D eigenvalue weighted by Crippen LogP contribution is 2.29. The Kier molecular flexibility index (Phi) is 6.37. The quantitative estimate of drug-likeness (QED) is 0.703. The third kappa shape index (κ3) is 4.94. The van der Waals surface area contributed by atoms with Crippen molar-refractivity contribution >= 4 is 23.3 Å². The van der Waals surface area contributed by atoms with Crippen LogP contribution in [-0.2, 0) is 0 Å². The molecular weight excluding hydrogens is 358 g/mol. The van der Waals surface area contributed by atoms with Crippen LogP contribution >= 0.6 is 0 Å². The SMILES string of the molecule is COc1ccc(NC(=O)Nc2ccc(C(=O)NC3CCCC3)cc2)cc1OC. The van der Waals surface area contributed by atoms with Crippen LogP contribution in [0.2, 0.25) is 0 Å². The number of rotatable bonds is 6. The highest BCUT2D eigenvalue weighted by molar-refractivity contribution is 6.00. The van der Waals surface area contributed by atoms with Crippen molar-refractivity contribution in [1.82, 2.24) is 5.32 Å². The molecule has 2 aromatic carbocycles. The van der Waals surface area contributed by atoms with Crippen molar-refractivity contribution in [1.29, 1.82) is 0 Å². The fraction of sp³-hybridized carbons (Fsp3) is 0.333. The molecular formula is C21H25N3O4. The Morgan fingerprint density at radius 2 is 1.46 bits per heavy atom. The summed E-state index contributed by atoms with van der Waals surface area (Å²) in [6.07, 6.45) is 4.43. The van der Waals surface area contributed by atoms with Crippen molar-refractivity contribution in [3.05, 3.63) is 48.0 Å². The molecule has 7 heteroatoms. The van der Waals surface area contributed by atoms with E-state index < -0.39 is 6.03 Å². The van der Waals surface area contributed by atoms with Crippen molar-refractivity contribution < 1.29 is 19.1 Å². The van der Waals surface area contributed by atoms with Gasteiger partial charge in [0.15, 0.2) is 11.5 Å². The molecule has 0 saturated heterocycles. The fourth-order valence-electron chi connectivity index (χ4n) is 3.25. The molecule has 0 heterocycles. The van der Waals surface area contributed by atoms with Crippen molar-refractivity contribution in [3.63, 3.8) is 0 Å². The van der Waals surface area contributed by atoms with Crippen LogP contribution in [0.15, 0.2) is 42.5 Å². The molecule has 0 unspecified atom stereocenters. The van der Waals surface area contributed by atoms with Crippen LogP contribution in [-0.4, -0.2) is 32.2 Å². The van der Waals surface area contributed by atoms with Gasteiger partial charge in [0.05, 0.1) is 14.2 Å². The maximum absolute atomic E-state index is 12.3. The largest absolute Gasteiger partial charge is 0.493 e. The Morgan fingerprint density at radius 3 is 2.11 bits per heavy atom. The minimum atomic E-state index is -0.393. The van der Waals surface area contributed by atoms with Gasteiger partial charge in [-0.05, 0) is 49.2 Å². The first-order valence-electron chi connectivity index (χ1n) is 9.30. The molecule has 3 rings (SSSR count). The van der Waals surface area contributed by atoms with Crippen molar-refractivity contribution in [2.45, 2.75) is 31.7 Å². The van der Waals surface area contributed by atoms with Crippen molar-refractivity contribution in [2.24, 2.45) is 0 Å². The number of carbonyl (C=O) groups excluding carboxylic acids is 2. The van der Waals surface area contributed by atoms with Crippen LogP contribution in [0.25, 0.3) is 0 Å². The van der Waals surface area contributed by atoms with Gasteiger partial charge < -0.3 is 25.4 Å². The topological polar surface area (TPSA) is 88.7 Å². The summed E-state index contributed by atoms with van der Waals surface area (Å²) in [5.41, 5.74) is 1.75. The highest BCUT2D eigenvalue weighted by atomic mass is 16.5. The van der Waals surface area contributed by atoms with Gasteiger partial charge in [0.1, 0.15) is 0 Å². The number of benzene rings is 2. The third-order valence-corrected chi connectivity index (χ3v) is 4.74. The molecule has 2 aromatic rings. The van der Waals surface area contributed by atoms with E-state index in [1.165, 1.54) is 20.0 Å². The molecule has 28 heavy (non-hydrogen) atoms. The lowest BCUT2D eigenvalue weighted by atomic mass is 10.1. The van der Waals surface area contributed by atoms with E-state index in [1.807, 2.05) is 0 Å². The Labute approximate surface area is 164 Å². The second-order valence-corrected chi connectivity index (χ2v) is 6.68. The number of urea groups is 1. The molecule has 3 N–H and O–H groups in total. The molecule has 1 aliphatic rings. The lowest BCUT2D eigenvalue weighted by Gasteiger charge is -2.13. The Balaban J connectivity index is 1.56. The number of methoxy groups -OCH3 is 2. The standard InChI is InChI=1S/C21H25N3O4/c1-27-18-12-11-17(13-19(18)28-2)24-21(26)23-16-9-7-14(8-10-16)20(25)22-15-5-3-4-6-15/h7-13,15H,3-6H2,1-2H3,(H,22,25)(H2,23,24,26). The van der Waals surface area contributed by atoms with Crippen molar-refractivity contribution in [3.8, 4) is 11.5 Å². The zero-order valence-corrected chi connectivity index (χ0v) is 16.1. The lowest BCUT2D eigenvalue weighted by Crippen LogP contribution is -2.32. The molecule has 148 valence electrons. The molecule has 0 radical (unpaired) electrons. The monoisotopic (exact) mass is 383 g/mol. The number of carbonyl (C=O) groups is 2. The average Bonchev–Trinajstić information content (AvgIpc) is 3.21. The van der Waals surface area contributed by atoms with E-state index in [0.717, 1.165) is 12.8 Å². The summed E-state index contributed by atoms with van der Waals surface area (Å²) in [6.45, 7) is 0. The van der Waals surface area contributed by atoms with Gasteiger partial charge in [0.25, 0.3) is 5.91 Å². The minimum absolute atomic E-state index is 0.0757. The minimum Gasteiger partial charge on any atom is -0.493 e. The smallest absolute Gasteiger partial charge is 0.323 e. The van der Waals surface area contributed by atoms with Gasteiger partial charge in [-0.25, -0.2) is 4.79 Å². The fourth-order valence-corrected chi connectivity index (χ4v) is 3.25. The van der Waals surface area contributed by atoms with Crippen LogP contribution in [0.1, 0.15) is 36.0 Å². The maximum atomic E-state index is 12.3. The molecule has 0 atom stereocenters. The van der Waals surface area contributed by atoms with Gasteiger partial charge in [0, 0.05) is 29.0 Å². The lowest BCUT2D eigenvalue weighted by molar-refractivity contribution is 0.0938. The van der Waals surface area contributed by atoms with E-state index in [9.17, 15) is 9.59 Å². The summed E-state index contributed by atoms with van der Waals surface area (Å²) in [5, 5.41) is 8.53. The number of anilines is 2. The van der Waals surface area contributed by atoms with Gasteiger partial charge in [-0.2, -0.15) is 0 Å². The number of hydrogen-bond acceptors (Lipinski definition) is 4. The van der Waals surface area contributed by atoms with E-state index in [1.54, 1.807) is 49.6 Å². The van der Waals surface area contributed by atoms with E-state index in [0.29, 0.717) is 28.4 Å². The number of nitrogens with one attached hydrogen (secondary N) is 3. The summed E-state index contributed by atoms with van der Waals surface area (Å²) in [7, 11) is 3.08. The molecule has 0 spiro atoms. The van der Waals surface area contributed by atoms with Gasteiger partial charge in [0.2, 0.25) is 0 Å². The van der Waals surface area contributed by atoms with Gasteiger partial charge in [-0.15, -0.1) is 0 Å². The van der Waals surface area contributed by atoms with Crippen LogP contribution < -0.4 is 25.4 Å². The molecule has 0 aromatic heterocycles. The third-order valence-electron chi connectivity index (χ3n) is 4.74. The highest BCUT2D eigenvalue weighted by Gasteiger charge is 2.18. The van der Waals surface area contributed by atoms with Crippen molar-refractivity contribution in [2.75, 3.05) is 24.9 Å². The molecule has 1 saturated carbocycles. The van der Waals surface area contributed by atoms with E-state index >= 15 is 0 Å². The zero-order valence-electron chi connectivity index (χ0n) is 16.1. The molecule has 1 aliphatic carbocycles. The first-order chi connectivity index (χ1) is 13.6. The van der Waals surface area contributed by atoms with Gasteiger partial charge in [-0.3, -0.25) is 4.79 Å². The molecule has 1 fully saturated rings. The molecule has 7 nitrogen and oxygen atoms in total. The summed E-state index contributed by atoms with van der Waals surface area (Å²) in [5.74, 6) is 1.03. The van der Waals surface area contributed by atoms with Crippen LogP contribution in [0.4, 0.5) is 16.2 Å². The summed E-state index contributed by atoms with van der Waals surface area (Å²) < 4.78 is 10.4. The summed E-state index contributed by atoms with van der Waals surface area (Å²) in [4.78, 5) is 24.5. The van der Waals surface area contributed by atoms with Gasteiger partial charge in [-0.1, -0.05) is 12.8 Å². The Hall–Kier alpha value is -3.22. The maximum Gasteiger partial charge on any atom is 0.323 e. The second kappa shape index (κ2) is 9.12.